The monoisotopic (exact) mass is 349 g/mol. The summed E-state index contributed by atoms with van der Waals surface area (Å²) >= 11 is 6.02. The van der Waals surface area contributed by atoms with Crippen molar-refractivity contribution in [3.8, 4) is 5.75 Å². The van der Waals surface area contributed by atoms with E-state index in [1.807, 2.05) is 6.92 Å². The van der Waals surface area contributed by atoms with Gasteiger partial charge >= 0.3 is 0 Å². The highest BCUT2D eigenvalue weighted by Gasteiger charge is 2.26. The van der Waals surface area contributed by atoms with E-state index in [1.54, 1.807) is 23.1 Å². The Bertz CT molecular complexity index is 728. The second kappa shape index (κ2) is 7.21. The molecule has 1 aromatic carbocycles. The van der Waals surface area contributed by atoms with Gasteiger partial charge in [-0.15, -0.1) is 0 Å². The van der Waals surface area contributed by atoms with E-state index < -0.39 is 0 Å². The summed E-state index contributed by atoms with van der Waals surface area (Å²) in [4.78, 5) is 18.9. The summed E-state index contributed by atoms with van der Waals surface area (Å²) in [7, 11) is 1.53. The third-order valence-electron chi connectivity index (χ3n) is 4.33. The van der Waals surface area contributed by atoms with Crippen LogP contribution in [0.4, 0.5) is 0 Å². The number of halogens is 1. The summed E-state index contributed by atoms with van der Waals surface area (Å²) in [5.41, 5.74) is 0.426. The lowest BCUT2D eigenvalue weighted by molar-refractivity contribution is 0.0744. The highest BCUT2D eigenvalue weighted by atomic mass is 35.5. The molecule has 1 aliphatic rings. The zero-order valence-electron chi connectivity index (χ0n) is 13.8. The second-order valence-corrected chi connectivity index (χ2v) is 6.28. The number of carbonyl (C=O) groups excluding carboxylic acids is 1. The number of amides is 1. The van der Waals surface area contributed by atoms with E-state index in [2.05, 4.69) is 10.1 Å². The summed E-state index contributed by atoms with van der Waals surface area (Å²) in [6.07, 6.45) is 3.39. The largest absolute Gasteiger partial charge is 0.496 e. The van der Waals surface area contributed by atoms with E-state index >= 15 is 0 Å². The zero-order chi connectivity index (χ0) is 17.1. The minimum atomic E-state index is -0.174. The van der Waals surface area contributed by atoms with Crippen LogP contribution in [0.1, 0.15) is 54.2 Å². The minimum Gasteiger partial charge on any atom is -0.496 e. The van der Waals surface area contributed by atoms with Gasteiger partial charge in [0.15, 0.2) is 5.82 Å². The predicted octanol–water partition coefficient (Wildman–Crippen LogP) is 3.66. The fourth-order valence-corrected chi connectivity index (χ4v) is 2.84. The fourth-order valence-electron chi connectivity index (χ4n) is 2.67. The lowest BCUT2D eigenvalue weighted by atomic mass is 9.85. The van der Waals surface area contributed by atoms with Crippen LogP contribution in [0.2, 0.25) is 5.02 Å². The van der Waals surface area contributed by atoms with Crippen molar-refractivity contribution in [3.05, 3.63) is 40.5 Å². The molecule has 0 N–H and O–H groups in total. The van der Waals surface area contributed by atoms with Crippen LogP contribution in [0.25, 0.3) is 0 Å². The molecule has 6 nitrogen and oxygen atoms in total. The summed E-state index contributed by atoms with van der Waals surface area (Å²) in [6, 6.07) is 4.99. The molecule has 2 aromatic rings. The average Bonchev–Trinajstić information content (AvgIpc) is 2.98. The number of nitrogens with zero attached hydrogens (tertiary/aromatic N) is 3. The van der Waals surface area contributed by atoms with Crippen molar-refractivity contribution in [1.29, 1.82) is 0 Å². The Hall–Kier alpha value is -2.08. The van der Waals surface area contributed by atoms with Crippen molar-refractivity contribution >= 4 is 17.5 Å². The van der Waals surface area contributed by atoms with Gasteiger partial charge in [0.1, 0.15) is 5.75 Å². The molecule has 0 aliphatic heterocycles. The topological polar surface area (TPSA) is 68.5 Å². The molecule has 0 spiro atoms. The van der Waals surface area contributed by atoms with Crippen molar-refractivity contribution in [2.75, 3.05) is 13.7 Å². The maximum absolute atomic E-state index is 12.8. The summed E-state index contributed by atoms with van der Waals surface area (Å²) in [6.45, 7) is 2.71. The first-order valence-electron chi connectivity index (χ1n) is 8.07. The molecule has 0 unspecified atom stereocenters. The third kappa shape index (κ3) is 3.38. The van der Waals surface area contributed by atoms with Crippen LogP contribution in [0.15, 0.2) is 22.7 Å². The van der Waals surface area contributed by atoms with E-state index in [1.165, 1.54) is 13.5 Å². The van der Waals surface area contributed by atoms with Crippen LogP contribution in [-0.4, -0.2) is 34.6 Å². The molecule has 3 rings (SSSR count). The number of methoxy groups -OCH3 is 1. The maximum Gasteiger partial charge on any atom is 0.258 e. The summed E-state index contributed by atoms with van der Waals surface area (Å²) in [5, 5.41) is 4.49. The van der Waals surface area contributed by atoms with Crippen LogP contribution in [0, 0.1) is 0 Å². The Morgan fingerprint density at radius 1 is 1.46 bits per heavy atom. The first kappa shape index (κ1) is 16.8. The van der Waals surface area contributed by atoms with Gasteiger partial charge in [0.25, 0.3) is 5.91 Å². The Morgan fingerprint density at radius 2 is 2.25 bits per heavy atom. The van der Waals surface area contributed by atoms with Gasteiger partial charge in [-0.1, -0.05) is 23.2 Å². The SMILES string of the molecule is CCN(Cc1noc(C2CCC2)n1)C(=O)c1cc(Cl)ccc1OC. The molecule has 0 atom stereocenters. The zero-order valence-corrected chi connectivity index (χ0v) is 14.5. The molecule has 1 amide bonds. The highest BCUT2D eigenvalue weighted by Crippen LogP contribution is 2.35. The molecule has 0 bridgehead atoms. The van der Waals surface area contributed by atoms with Crippen LogP contribution in [-0.2, 0) is 6.54 Å². The Kier molecular flexibility index (Phi) is 5.04. The lowest BCUT2D eigenvalue weighted by Crippen LogP contribution is -2.31. The number of hydrogen-bond acceptors (Lipinski definition) is 5. The Balaban J connectivity index is 1.77. The normalized spacial score (nSPS) is 14.3. The molecular weight excluding hydrogens is 330 g/mol. The van der Waals surface area contributed by atoms with Gasteiger partial charge in [-0.25, -0.2) is 0 Å². The number of aromatic nitrogens is 2. The second-order valence-electron chi connectivity index (χ2n) is 5.84. The number of carbonyl (C=O) groups is 1. The quantitative estimate of drug-likeness (QED) is 0.796. The Morgan fingerprint density at radius 3 is 2.88 bits per heavy atom. The number of rotatable bonds is 6. The molecule has 128 valence electrons. The van der Waals surface area contributed by atoms with Crippen molar-refractivity contribution in [1.82, 2.24) is 15.0 Å². The van der Waals surface area contributed by atoms with Crippen LogP contribution < -0.4 is 4.74 Å². The van der Waals surface area contributed by atoms with E-state index in [0.717, 1.165) is 12.8 Å². The van der Waals surface area contributed by atoms with E-state index in [0.29, 0.717) is 47.1 Å². The van der Waals surface area contributed by atoms with Gasteiger partial charge in [0, 0.05) is 17.5 Å². The lowest BCUT2D eigenvalue weighted by Gasteiger charge is -2.21. The third-order valence-corrected chi connectivity index (χ3v) is 4.57. The minimum absolute atomic E-state index is 0.174. The molecule has 1 heterocycles. The van der Waals surface area contributed by atoms with Crippen molar-refractivity contribution < 1.29 is 14.1 Å². The molecule has 24 heavy (non-hydrogen) atoms. The van der Waals surface area contributed by atoms with E-state index in [4.69, 9.17) is 20.9 Å². The molecule has 0 radical (unpaired) electrons. The van der Waals surface area contributed by atoms with Crippen LogP contribution in [0.5, 0.6) is 5.75 Å². The first-order valence-corrected chi connectivity index (χ1v) is 8.45. The van der Waals surface area contributed by atoms with E-state index in [9.17, 15) is 4.79 Å². The predicted molar refractivity (Wildman–Crippen MR) is 89.3 cm³/mol. The maximum atomic E-state index is 12.8. The number of hydrogen-bond donors (Lipinski definition) is 0. The van der Waals surface area contributed by atoms with E-state index in [-0.39, 0.29) is 5.91 Å². The van der Waals surface area contributed by atoms with Crippen molar-refractivity contribution in [2.24, 2.45) is 0 Å². The molecule has 1 aliphatic carbocycles. The van der Waals surface area contributed by atoms with Gasteiger partial charge in [-0.05, 0) is 38.0 Å². The van der Waals surface area contributed by atoms with Gasteiger partial charge in [0.2, 0.25) is 5.89 Å². The van der Waals surface area contributed by atoms with Gasteiger partial charge in [-0.3, -0.25) is 4.79 Å². The molecule has 0 saturated heterocycles. The summed E-state index contributed by atoms with van der Waals surface area (Å²) in [5.74, 6) is 1.90. The van der Waals surface area contributed by atoms with Crippen LogP contribution >= 0.6 is 11.6 Å². The van der Waals surface area contributed by atoms with Crippen molar-refractivity contribution in [3.63, 3.8) is 0 Å². The number of benzene rings is 1. The molecule has 7 heteroatoms. The fraction of sp³-hybridized carbons (Fsp3) is 0.471. The smallest absolute Gasteiger partial charge is 0.258 e. The average molecular weight is 350 g/mol. The Labute approximate surface area is 145 Å². The molecule has 1 saturated carbocycles. The van der Waals surface area contributed by atoms with Gasteiger partial charge in [-0.2, -0.15) is 4.98 Å². The van der Waals surface area contributed by atoms with Crippen molar-refractivity contribution in [2.45, 2.75) is 38.6 Å². The summed E-state index contributed by atoms with van der Waals surface area (Å²) < 4.78 is 10.6. The standard InChI is InChI=1S/C17H20ClN3O3/c1-3-21(10-15-19-16(24-20-15)11-5-4-6-11)17(22)13-9-12(18)7-8-14(13)23-2/h7-9,11H,3-6,10H2,1-2H3. The first-order chi connectivity index (χ1) is 11.6. The molecular formula is C17H20ClN3O3. The van der Waals surface area contributed by atoms with Gasteiger partial charge < -0.3 is 14.2 Å². The number of ether oxygens (including phenoxy) is 1. The molecule has 1 fully saturated rings. The van der Waals surface area contributed by atoms with Crippen LogP contribution in [0.3, 0.4) is 0 Å². The molecule has 1 aromatic heterocycles. The van der Waals surface area contributed by atoms with Gasteiger partial charge in [0.05, 0.1) is 19.2 Å². The highest BCUT2D eigenvalue weighted by molar-refractivity contribution is 6.31.